The van der Waals surface area contributed by atoms with Crippen LogP contribution < -0.4 is 21.7 Å². The van der Waals surface area contributed by atoms with Crippen LogP contribution in [0.1, 0.15) is 38.8 Å². The number of benzene rings is 1. The maximum Gasteiger partial charge on any atom is 0.319 e. The quantitative estimate of drug-likeness (QED) is 0.616. The van der Waals surface area contributed by atoms with Crippen molar-refractivity contribution in [3.05, 3.63) is 29.8 Å². The highest BCUT2D eigenvalue weighted by Gasteiger charge is 2.10. The third-order valence-electron chi connectivity index (χ3n) is 3.04. The standard InChI is InChI=1S/C15H24N4O2/c1-4-17-11(3)12-6-5-7-13(9-12)19-15(21)18-10(2)8-14(16)20/h5-7,9-11,17H,4,8H2,1-3H3,(H2,16,20)(H2,18,19,21). The first-order chi connectivity index (χ1) is 9.92. The minimum atomic E-state index is -0.440. The Morgan fingerprint density at radius 3 is 2.62 bits per heavy atom. The first-order valence-electron chi connectivity index (χ1n) is 7.11. The Labute approximate surface area is 125 Å². The monoisotopic (exact) mass is 292 g/mol. The number of hydrogen-bond acceptors (Lipinski definition) is 3. The Bertz CT molecular complexity index is 490. The van der Waals surface area contributed by atoms with Crippen LogP contribution in [-0.4, -0.2) is 24.5 Å². The van der Waals surface area contributed by atoms with Crippen molar-refractivity contribution in [1.82, 2.24) is 10.6 Å². The van der Waals surface area contributed by atoms with Crippen molar-refractivity contribution in [3.8, 4) is 0 Å². The number of carbonyl (C=O) groups excluding carboxylic acids is 2. The van der Waals surface area contributed by atoms with Crippen molar-refractivity contribution in [2.45, 2.75) is 39.3 Å². The third-order valence-corrected chi connectivity index (χ3v) is 3.04. The van der Waals surface area contributed by atoms with Crippen LogP contribution >= 0.6 is 0 Å². The van der Waals surface area contributed by atoms with Gasteiger partial charge in [-0.2, -0.15) is 0 Å². The van der Waals surface area contributed by atoms with E-state index in [1.54, 1.807) is 6.92 Å². The van der Waals surface area contributed by atoms with E-state index >= 15 is 0 Å². The number of rotatable bonds is 7. The van der Waals surface area contributed by atoms with Gasteiger partial charge in [0.1, 0.15) is 0 Å². The molecule has 0 spiro atoms. The van der Waals surface area contributed by atoms with Crippen molar-refractivity contribution in [2.75, 3.05) is 11.9 Å². The van der Waals surface area contributed by atoms with Gasteiger partial charge in [0, 0.05) is 24.2 Å². The highest BCUT2D eigenvalue weighted by Crippen LogP contribution is 2.17. The Morgan fingerprint density at radius 1 is 1.29 bits per heavy atom. The van der Waals surface area contributed by atoms with E-state index in [9.17, 15) is 9.59 Å². The second-order valence-electron chi connectivity index (χ2n) is 5.07. The van der Waals surface area contributed by atoms with Gasteiger partial charge in [0.25, 0.3) is 0 Å². The average Bonchev–Trinajstić information content (AvgIpc) is 2.37. The summed E-state index contributed by atoms with van der Waals surface area (Å²) in [4.78, 5) is 22.6. The van der Waals surface area contributed by atoms with Gasteiger partial charge < -0.3 is 21.7 Å². The zero-order valence-corrected chi connectivity index (χ0v) is 12.8. The van der Waals surface area contributed by atoms with Crippen molar-refractivity contribution in [3.63, 3.8) is 0 Å². The lowest BCUT2D eigenvalue weighted by Crippen LogP contribution is -2.38. The van der Waals surface area contributed by atoms with Crippen molar-refractivity contribution < 1.29 is 9.59 Å². The summed E-state index contributed by atoms with van der Waals surface area (Å²) in [5.74, 6) is -0.440. The Balaban J connectivity index is 2.60. The van der Waals surface area contributed by atoms with E-state index in [1.807, 2.05) is 31.2 Å². The number of nitrogens with one attached hydrogen (secondary N) is 3. The average molecular weight is 292 g/mol. The molecule has 1 rings (SSSR count). The van der Waals surface area contributed by atoms with Gasteiger partial charge >= 0.3 is 6.03 Å². The summed E-state index contributed by atoms with van der Waals surface area (Å²) in [6.45, 7) is 6.72. The normalized spacial score (nSPS) is 13.3. The molecule has 0 bridgehead atoms. The molecule has 1 aromatic rings. The zero-order chi connectivity index (χ0) is 15.8. The molecule has 3 amide bonds. The highest BCUT2D eigenvalue weighted by atomic mass is 16.2. The van der Waals surface area contributed by atoms with Crippen LogP contribution in [-0.2, 0) is 4.79 Å². The zero-order valence-electron chi connectivity index (χ0n) is 12.8. The van der Waals surface area contributed by atoms with E-state index in [1.165, 1.54) is 0 Å². The molecular formula is C15H24N4O2. The molecule has 116 valence electrons. The van der Waals surface area contributed by atoms with Crippen molar-refractivity contribution in [1.29, 1.82) is 0 Å². The molecular weight excluding hydrogens is 268 g/mol. The lowest BCUT2D eigenvalue weighted by molar-refractivity contribution is -0.118. The topological polar surface area (TPSA) is 96.2 Å². The van der Waals surface area contributed by atoms with Gasteiger partial charge in [0.05, 0.1) is 0 Å². The SMILES string of the molecule is CCNC(C)c1cccc(NC(=O)NC(C)CC(N)=O)c1. The Hall–Kier alpha value is -2.08. The number of amides is 3. The second-order valence-corrected chi connectivity index (χ2v) is 5.07. The van der Waals surface area contributed by atoms with Crippen LogP contribution in [0.5, 0.6) is 0 Å². The molecule has 0 aliphatic carbocycles. The fourth-order valence-corrected chi connectivity index (χ4v) is 2.05. The van der Waals surface area contributed by atoms with Crippen LogP contribution in [0, 0.1) is 0 Å². The molecule has 2 atom stereocenters. The fourth-order valence-electron chi connectivity index (χ4n) is 2.05. The van der Waals surface area contributed by atoms with E-state index in [2.05, 4.69) is 22.9 Å². The van der Waals surface area contributed by atoms with E-state index < -0.39 is 5.91 Å². The van der Waals surface area contributed by atoms with Crippen LogP contribution in [0.25, 0.3) is 0 Å². The molecule has 2 unspecified atom stereocenters. The van der Waals surface area contributed by atoms with Crippen molar-refractivity contribution in [2.24, 2.45) is 5.73 Å². The molecule has 1 aromatic carbocycles. The minimum Gasteiger partial charge on any atom is -0.370 e. The van der Waals surface area contributed by atoms with E-state index in [0.29, 0.717) is 5.69 Å². The van der Waals surface area contributed by atoms with Crippen LogP contribution in [0.4, 0.5) is 10.5 Å². The van der Waals surface area contributed by atoms with Crippen LogP contribution in [0.3, 0.4) is 0 Å². The van der Waals surface area contributed by atoms with Gasteiger partial charge in [-0.3, -0.25) is 4.79 Å². The van der Waals surface area contributed by atoms with E-state index in [0.717, 1.165) is 12.1 Å². The predicted octanol–water partition coefficient (Wildman–Crippen LogP) is 1.74. The summed E-state index contributed by atoms with van der Waals surface area (Å²) in [6.07, 6.45) is 0.116. The first-order valence-corrected chi connectivity index (χ1v) is 7.11. The van der Waals surface area contributed by atoms with Gasteiger partial charge in [-0.05, 0) is 38.1 Å². The molecule has 0 fully saturated rings. The molecule has 0 saturated carbocycles. The van der Waals surface area contributed by atoms with Gasteiger partial charge in [0.2, 0.25) is 5.91 Å². The number of anilines is 1. The minimum absolute atomic E-state index is 0.116. The molecule has 6 nitrogen and oxygen atoms in total. The van der Waals surface area contributed by atoms with Gasteiger partial charge in [-0.1, -0.05) is 19.1 Å². The smallest absolute Gasteiger partial charge is 0.319 e. The number of urea groups is 1. The molecule has 6 heteroatoms. The van der Waals surface area contributed by atoms with Crippen LogP contribution in [0.15, 0.2) is 24.3 Å². The largest absolute Gasteiger partial charge is 0.370 e. The summed E-state index contributed by atoms with van der Waals surface area (Å²) >= 11 is 0. The number of carbonyl (C=O) groups is 2. The Morgan fingerprint density at radius 2 is 2.00 bits per heavy atom. The summed E-state index contributed by atoms with van der Waals surface area (Å²) in [7, 11) is 0. The molecule has 0 radical (unpaired) electrons. The molecule has 0 aliphatic heterocycles. The molecule has 0 heterocycles. The van der Waals surface area contributed by atoms with Crippen LogP contribution in [0.2, 0.25) is 0 Å². The molecule has 21 heavy (non-hydrogen) atoms. The summed E-state index contributed by atoms with van der Waals surface area (Å²) in [5.41, 5.74) is 6.89. The maximum atomic E-state index is 11.8. The number of hydrogen-bond donors (Lipinski definition) is 4. The lowest BCUT2D eigenvalue weighted by Gasteiger charge is -2.16. The highest BCUT2D eigenvalue weighted by molar-refractivity contribution is 5.89. The van der Waals surface area contributed by atoms with E-state index in [4.69, 9.17) is 5.73 Å². The molecule has 0 aromatic heterocycles. The molecule has 5 N–H and O–H groups in total. The summed E-state index contributed by atoms with van der Waals surface area (Å²) < 4.78 is 0. The number of nitrogens with two attached hydrogens (primary N) is 1. The predicted molar refractivity (Wildman–Crippen MR) is 84.0 cm³/mol. The molecule has 0 aliphatic rings. The second kappa shape index (κ2) is 8.26. The third kappa shape index (κ3) is 6.27. The first kappa shape index (κ1) is 17.0. The maximum absolute atomic E-state index is 11.8. The van der Waals surface area contributed by atoms with Gasteiger partial charge in [0.15, 0.2) is 0 Å². The van der Waals surface area contributed by atoms with Gasteiger partial charge in [-0.25, -0.2) is 4.79 Å². The molecule has 0 saturated heterocycles. The Kier molecular flexibility index (Phi) is 6.68. The van der Waals surface area contributed by atoms with Crippen molar-refractivity contribution >= 4 is 17.6 Å². The van der Waals surface area contributed by atoms with Gasteiger partial charge in [-0.15, -0.1) is 0 Å². The summed E-state index contributed by atoms with van der Waals surface area (Å²) in [6, 6.07) is 7.21. The summed E-state index contributed by atoms with van der Waals surface area (Å²) in [5, 5.41) is 8.74. The number of primary amides is 1. The fraction of sp³-hybridized carbons (Fsp3) is 0.467. The lowest BCUT2D eigenvalue weighted by atomic mass is 10.1. The van der Waals surface area contributed by atoms with E-state index in [-0.39, 0.29) is 24.5 Å².